The number of hydrogen-bond acceptors (Lipinski definition) is 2. The van der Waals surface area contributed by atoms with E-state index in [4.69, 9.17) is 9.73 Å². The second kappa shape index (κ2) is 20.5. The monoisotopic (exact) mass is 757 g/mol. The third-order valence-electron chi connectivity index (χ3n) is 11.8. The molecule has 0 radical (unpaired) electrons. The van der Waals surface area contributed by atoms with Crippen LogP contribution >= 0.6 is 0 Å². The summed E-state index contributed by atoms with van der Waals surface area (Å²) in [5, 5.41) is 0. The number of benzene rings is 2. The van der Waals surface area contributed by atoms with Crippen LogP contribution in [-0.4, -0.2) is 50.8 Å². The maximum atomic E-state index is 6.22. The molecule has 51 heavy (non-hydrogen) atoms. The second-order valence-corrected chi connectivity index (χ2v) is 39.4. The summed E-state index contributed by atoms with van der Waals surface area (Å²) in [6.45, 7) is 33.0. The van der Waals surface area contributed by atoms with Gasteiger partial charge in [-0.1, -0.05) is 182 Å². The summed E-state index contributed by atoms with van der Waals surface area (Å²) in [6.07, 6.45) is 13.4. The lowest BCUT2D eigenvalue weighted by Crippen LogP contribution is -2.37. The Kier molecular flexibility index (Phi) is 17.4. The molecule has 0 bridgehead atoms. The summed E-state index contributed by atoms with van der Waals surface area (Å²) in [6, 6.07) is 32.4. The summed E-state index contributed by atoms with van der Waals surface area (Å²) < 4.78 is 6.22. The number of rotatable bonds is 25. The van der Waals surface area contributed by atoms with Crippen molar-refractivity contribution in [3.8, 4) is 11.1 Å². The molecule has 0 fully saturated rings. The van der Waals surface area contributed by atoms with Gasteiger partial charge in [0, 0.05) is 5.56 Å². The maximum Gasteiger partial charge on any atom is 0.217 e. The van der Waals surface area contributed by atoms with Crippen LogP contribution in [0.2, 0.25) is 99.7 Å². The highest BCUT2D eigenvalue weighted by atomic mass is 28.3. The summed E-state index contributed by atoms with van der Waals surface area (Å²) >= 11 is 0. The molecule has 0 unspecified atom stereocenters. The summed E-state index contributed by atoms with van der Waals surface area (Å²) in [5.41, 5.74) is 5.11. The van der Waals surface area contributed by atoms with E-state index in [1.807, 2.05) is 0 Å². The zero-order chi connectivity index (χ0) is 37.5. The van der Waals surface area contributed by atoms with Crippen molar-refractivity contribution in [1.29, 1.82) is 0 Å². The molecule has 1 atom stereocenters. The van der Waals surface area contributed by atoms with Gasteiger partial charge in [-0.25, -0.2) is 4.99 Å². The highest BCUT2D eigenvalue weighted by molar-refractivity contribution is 6.82. The van der Waals surface area contributed by atoms with E-state index in [1.54, 1.807) is 0 Å². The molecule has 2 aromatic rings. The predicted molar refractivity (Wildman–Crippen MR) is 242 cm³/mol. The highest BCUT2D eigenvalue weighted by Gasteiger charge is 2.34. The Morgan fingerprint density at radius 3 is 1.61 bits per heavy atom. The van der Waals surface area contributed by atoms with E-state index in [9.17, 15) is 0 Å². The number of nitrogens with zero attached hydrogens (tertiary/aromatic N) is 1. The minimum absolute atomic E-state index is 0.237. The Bertz CT molecular complexity index is 1340. The van der Waals surface area contributed by atoms with Crippen molar-refractivity contribution in [2.45, 2.75) is 152 Å². The van der Waals surface area contributed by atoms with Crippen molar-refractivity contribution < 1.29 is 4.74 Å². The third-order valence-corrected chi connectivity index (χ3v) is 26.7. The Morgan fingerprint density at radius 2 is 1.16 bits per heavy atom. The van der Waals surface area contributed by atoms with Gasteiger partial charge in [0.05, 0.1) is 38.3 Å². The molecule has 3 rings (SSSR count). The van der Waals surface area contributed by atoms with E-state index in [0.717, 1.165) is 17.9 Å². The van der Waals surface area contributed by atoms with Crippen molar-refractivity contribution >= 4 is 38.2 Å². The predicted octanol–water partition coefficient (Wildman–Crippen LogP) is 14.4. The topological polar surface area (TPSA) is 21.6 Å². The van der Waals surface area contributed by atoms with Gasteiger partial charge in [-0.05, 0) is 53.2 Å². The van der Waals surface area contributed by atoms with Gasteiger partial charge in [0.1, 0.15) is 6.61 Å². The summed E-state index contributed by atoms with van der Waals surface area (Å²) in [4.78, 5) is 5.03. The van der Waals surface area contributed by atoms with Crippen LogP contribution in [0.25, 0.3) is 11.1 Å². The zero-order valence-corrected chi connectivity index (χ0v) is 38.3. The van der Waals surface area contributed by atoms with Crippen molar-refractivity contribution in [3.05, 3.63) is 97.6 Å². The van der Waals surface area contributed by atoms with E-state index in [2.05, 4.69) is 140 Å². The molecule has 0 saturated carbocycles. The molecular weight excluding hydrogens is 683 g/mol. The van der Waals surface area contributed by atoms with Crippen LogP contribution in [0.3, 0.4) is 0 Å². The number of aryl methyl sites for hydroxylation is 1. The molecule has 0 aliphatic carbocycles. The van der Waals surface area contributed by atoms with Crippen molar-refractivity contribution in [3.63, 3.8) is 0 Å². The fourth-order valence-corrected chi connectivity index (χ4v) is 21.0. The smallest absolute Gasteiger partial charge is 0.217 e. The minimum atomic E-state index is -1.50. The van der Waals surface area contributed by atoms with Gasteiger partial charge in [-0.15, -0.1) is 19.7 Å². The van der Waals surface area contributed by atoms with Crippen molar-refractivity contribution in [1.82, 2.24) is 0 Å². The van der Waals surface area contributed by atoms with Gasteiger partial charge < -0.3 is 4.74 Å². The fraction of sp³-hybridized carbons (Fsp3) is 0.578. The average molecular weight is 758 g/mol. The van der Waals surface area contributed by atoms with Gasteiger partial charge in [0.2, 0.25) is 5.90 Å². The number of ether oxygens (including phenoxy) is 1. The van der Waals surface area contributed by atoms with Crippen LogP contribution < -0.4 is 0 Å². The Morgan fingerprint density at radius 1 is 0.667 bits per heavy atom. The van der Waals surface area contributed by atoms with Crippen molar-refractivity contribution in [2.24, 2.45) is 10.9 Å². The molecule has 0 spiro atoms. The van der Waals surface area contributed by atoms with Crippen molar-refractivity contribution in [2.75, 3.05) is 6.61 Å². The lowest BCUT2D eigenvalue weighted by Gasteiger charge is -2.36. The van der Waals surface area contributed by atoms with Crippen LogP contribution in [0, 0.1) is 5.92 Å². The number of hydrogen-bond donors (Lipinski definition) is 0. The van der Waals surface area contributed by atoms with Crippen LogP contribution in [-0.2, 0) is 11.2 Å². The Balaban J connectivity index is 1.89. The van der Waals surface area contributed by atoms with Crippen LogP contribution in [0.15, 0.2) is 91.5 Å². The van der Waals surface area contributed by atoms with E-state index >= 15 is 0 Å². The highest BCUT2D eigenvalue weighted by Crippen LogP contribution is 2.38. The normalized spacial score (nSPS) is 15.5. The fourth-order valence-electron chi connectivity index (χ4n) is 8.39. The largest absolute Gasteiger partial charge is 0.475 e. The Labute approximate surface area is 319 Å². The zero-order valence-electron chi connectivity index (χ0n) is 34.3. The van der Waals surface area contributed by atoms with Gasteiger partial charge in [-0.3, -0.25) is 0 Å². The molecule has 0 aromatic heterocycles. The molecule has 1 aliphatic rings. The van der Waals surface area contributed by atoms with Crippen LogP contribution in [0.4, 0.5) is 0 Å². The van der Waals surface area contributed by atoms with E-state index < -0.39 is 32.3 Å². The number of allylic oxidation sites excluding steroid dienone is 3. The first-order valence-corrected chi connectivity index (χ1v) is 33.4. The standard InChI is InChI=1S/C45H75NOSi4/c1-12-27-48(6,7)30-19-34-51(35-20-31-49(8,9)28-13-2,36-21-32-50(10,11)29-14-3)33-18-22-40-25-26-42(45-46-44(38-47-45)39(4)5)43(37-40)41-23-16-15-17-24-41/h12-17,23-26,37,39,44H,1-3,18-22,27-36,38H2,4-11H3/t44-/m1/s1. The summed E-state index contributed by atoms with van der Waals surface area (Å²) in [5.74, 6) is 1.30. The molecule has 6 heteroatoms. The molecule has 282 valence electrons. The molecule has 1 aliphatic heterocycles. The Hall–Kier alpha value is -2.00. The molecule has 0 saturated heterocycles. The molecule has 0 N–H and O–H groups in total. The molecule has 2 nitrogen and oxygen atoms in total. The van der Waals surface area contributed by atoms with Gasteiger partial charge in [0.25, 0.3) is 0 Å². The van der Waals surface area contributed by atoms with Crippen LogP contribution in [0.5, 0.6) is 0 Å². The average Bonchev–Trinajstić information content (AvgIpc) is 3.56. The first-order chi connectivity index (χ1) is 24.1. The SMILES string of the molecule is C=CC[Si](C)(C)CCC[Si](CCCc1ccc(C2=N[C@@H](C(C)C)CO2)c(-c2ccccc2)c1)(CCC[Si](C)(C)CC=C)CCC[Si](C)(C)CC=C. The van der Waals surface area contributed by atoms with E-state index in [0.29, 0.717) is 12.5 Å². The lowest BCUT2D eigenvalue weighted by atomic mass is 9.95. The lowest BCUT2D eigenvalue weighted by molar-refractivity contribution is 0.292. The summed E-state index contributed by atoms with van der Waals surface area (Å²) in [7, 11) is -5.16. The number of aliphatic imine (C=N–C) groups is 1. The first kappa shape index (κ1) is 43.4. The van der Waals surface area contributed by atoms with E-state index in [-0.39, 0.29) is 6.04 Å². The van der Waals surface area contributed by atoms with Gasteiger partial charge in [-0.2, -0.15) is 0 Å². The van der Waals surface area contributed by atoms with Crippen LogP contribution in [0.1, 0.15) is 50.7 Å². The quantitative estimate of drug-likeness (QED) is 0.0730. The van der Waals surface area contributed by atoms with E-state index in [1.165, 1.54) is 103 Å². The molecular formula is C45H75NOSi4. The van der Waals surface area contributed by atoms with Gasteiger partial charge >= 0.3 is 0 Å². The van der Waals surface area contributed by atoms with Gasteiger partial charge in [0.15, 0.2) is 0 Å². The first-order valence-electron chi connectivity index (χ1n) is 20.4. The maximum absolute atomic E-state index is 6.22. The molecule has 1 heterocycles. The minimum Gasteiger partial charge on any atom is -0.475 e. The third kappa shape index (κ3) is 14.7. The second-order valence-electron chi connectivity index (χ2n) is 18.7. The molecule has 2 aromatic carbocycles. The molecule has 0 amide bonds.